The summed E-state index contributed by atoms with van der Waals surface area (Å²) in [5.41, 5.74) is 9.40. The molecule has 2 rings (SSSR count). The molecule has 0 aliphatic rings. The molecule has 2 aromatic carbocycles. The number of anilines is 1. The van der Waals surface area contributed by atoms with E-state index in [0.29, 0.717) is 0 Å². The number of para-hydroxylation sites is 1. The van der Waals surface area contributed by atoms with E-state index in [-0.39, 0.29) is 12.4 Å². The van der Waals surface area contributed by atoms with Gasteiger partial charge in [0.25, 0.3) is 0 Å². The number of nitrogen functional groups attached to an aromatic ring is 1. The van der Waals surface area contributed by atoms with E-state index in [4.69, 9.17) is 5.73 Å². The van der Waals surface area contributed by atoms with Crippen molar-refractivity contribution in [1.29, 1.82) is 0 Å². The van der Waals surface area contributed by atoms with Crippen molar-refractivity contribution in [3.63, 3.8) is 0 Å². The molecule has 0 unspecified atom stereocenters. The number of benzene rings is 2. The number of thioether (sulfide) groups is 1. The van der Waals surface area contributed by atoms with Crippen LogP contribution in [0.5, 0.6) is 0 Å². The normalized spacial score (nSPS) is 9.71. The lowest BCUT2D eigenvalue weighted by Gasteiger charge is -2.05. The highest BCUT2D eigenvalue weighted by molar-refractivity contribution is 7.98. The van der Waals surface area contributed by atoms with E-state index in [2.05, 4.69) is 37.3 Å². The Hall–Kier alpha value is -1.12. The Morgan fingerprint density at radius 3 is 2.53 bits per heavy atom. The molecule has 0 aliphatic heterocycles. The van der Waals surface area contributed by atoms with Gasteiger partial charge in [0.15, 0.2) is 0 Å². The van der Waals surface area contributed by atoms with Crippen LogP contribution in [0.3, 0.4) is 0 Å². The molecule has 2 aromatic rings. The second-order valence-electron chi connectivity index (χ2n) is 3.82. The molecule has 0 spiro atoms. The van der Waals surface area contributed by atoms with E-state index < -0.39 is 0 Å². The molecule has 0 amide bonds. The van der Waals surface area contributed by atoms with Gasteiger partial charge in [-0.2, -0.15) is 0 Å². The van der Waals surface area contributed by atoms with Crippen LogP contribution >= 0.6 is 11.8 Å². The molecule has 90 valence electrons. The maximum Gasteiger partial charge on any atom is 0.0452 e. The maximum atomic E-state index is 5.89. The molecule has 0 radical (unpaired) electrons. The van der Waals surface area contributed by atoms with Gasteiger partial charge in [-0.25, -0.2) is 0 Å². The average Bonchev–Trinajstić information content (AvgIpc) is 2.28. The molecule has 0 heterocycles. The van der Waals surface area contributed by atoms with Crippen molar-refractivity contribution in [2.45, 2.75) is 17.6 Å². The van der Waals surface area contributed by atoms with Crippen molar-refractivity contribution in [3.8, 4) is 0 Å². The minimum Gasteiger partial charge on any atom is -1.00 e. The SMILES string of the molecule is Cc1cccc(CSc2ccccc2N)c1.[Cl-]. The standard InChI is InChI=1S/C14H15NS.ClH/c1-11-5-4-6-12(9-11)10-16-14-8-3-2-7-13(14)15;/h2-9H,10,15H2,1H3;1H/p-1. The fourth-order valence-electron chi connectivity index (χ4n) is 1.57. The van der Waals surface area contributed by atoms with Crippen LogP contribution in [0.15, 0.2) is 53.4 Å². The van der Waals surface area contributed by atoms with Crippen LogP contribution < -0.4 is 18.1 Å². The summed E-state index contributed by atoms with van der Waals surface area (Å²) >= 11 is 1.78. The maximum absolute atomic E-state index is 5.89. The van der Waals surface area contributed by atoms with Gasteiger partial charge in [0.2, 0.25) is 0 Å². The summed E-state index contributed by atoms with van der Waals surface area (Å²) in [7, 11) is 0. The third-order valence-electron chi connectivity index (χ3n) is 2.40. The Kier molecular flexibility index (Phi) is 5.39. The largest absolute Gasteiger partial charge is 1.00 e. The number of nitrogens with two attached hydrogens (primary N) is 1. The summed E-state index contributed by atoms with van der Waals surface area (Å²) in [5.74, 6) is 0.968. The van der Waals surface area contributed by atoms with Gasteiger partial charge in [-0.15, -0.1) is 11.8 Å². The Morgan fingerprint density at radius 1 is 1.06 bits per heavy atom. The average molecular weight is 265 g/mol. The Morgan fingerprint density at radius 2 is 1.82 bits per heavy atom. The fraction of sp³-hybridized carbons (Fsp3) is 0.143. The topological polar surface area (TPSA) is 26.0 Å². The monoisotopic (exact) mass is 264 g/mol. The molecule has 0 saturated heterocycles. The first-order valence-corrected chi connectivity index (χ1v) is 6.27. The lowest BCUT2D eigenvalue weighted by molar-refractivity contribution is -0.00000332. The van der Waals surface area contributed by atoms with E-state index in [1.165, 1.54) is 11.1 Å². The van der Waals surface area contributed by atoms with Gasteiger partial charge in [0.1, 0.15) is 0 Å². The van der Waals surface area contributed by atoms with Gasteiger partial charge >= 0.3 is 0 Å². The second kappa shape index (κ2) is 6.58. The van der Waals surface area contributed by atoms with E-state index in [0.717, 1.165) is 16.3 Å². The highest BCUT2D eigenvalue weighted by atomic mass is 35.5. The van der Waals surface area contributed by atoms with Crippen molar-refractivity contribution in [2.24, 2.45) is 0 Å². The molecule has 0 aromatic heterocycles. The van der Waals surface area contributed by atoms with Gasteiger partial charge in [0.05, 0.1) is 0 Å². The van der Waals surface area contributed by atoms with E-state index in [9.17, 15) is 0 Å². The molecular weight excluding hydrogens is 250 g/mol. The van der Waals surface area contributed by atoms with Crippen LogP contribution in [-0.2, 0) is 5.75 Å². The minimum absolute atomic E-state index is 0. The minimum atomic E-state index is 0. The quantitative estimate of drug-likeness (QED) is 0.658. The smallest absolute Gasteiger partial charge is 0.0452 e. The number of aryl methyl sites for hydroxylation is 1. The molecule has 2 N–H and O–H groups in total. The number of hydrogen-bond donors (Lipinski definition) is 1. The van der Waals surface area contributed by atoms with Crippen LogP contribution in [0.2, 0.25) is 0 Å². The molecule has 17 heavy (non-hydrogen) atoms. The van der Waals surface area contributed by atoms with E-state index in [1.807, 2.05) is 18.2 Å². The predicted octanol–water partition coefficient (Wildman–Crippen LogP) is 0.874. The van der Waals surface area contributed by atoms with Crippen LogP contribution in [0, 0.1) is 6.92 Å². The molecule has 0 bridgehead atoms. The van der Waals surface area contributed by atoms with Gasteiger partial charge in [-0.1, -0.05) is 42.0 Å². The Labute approximate surface area is 113 Å². The van der Waals surface area contributed by atoms with Crippen LogP contribution in [0.1, 0.15) is 11.1 Å². The summed E-state index contributed by atoms with van der Waals surface area (Å²) in [5, 5.41) is 0. The molecule has 3 heteroatoms. The number of hydrogen-bond acceptors (Lipinski definition) is 2. The number of rotatable bonds is 3. The first-order valence-electron chi connectivity index (χ1n) is 5.28. The van der Waals surface area contributed by atoms with E-state index in [1.54, 1.807) is 11.8 Å². The number of halogens is 1. The molecule has 0 saturated carbocycles. The molecule has 0 fully saturated rings. The van der Waals surface area contributed by atoms with Gasteiger partial charge in [-0.05, 0) is 24.6 Å². The molecule has 1 nitrogen and oxygen atoms in total. The highest BCUT2D eigenvalue weighted by Gasteiger charge is 1.99. The van der Waals surface area contributed by atoms with Gasteiger partial charge < -0.3 is 18.1 Å². The van der Waals surface area contributed by atoms with Crippen molar-refractivity contribution < 1.29 is 12.4 Å². The zero-order valence-electron chi connectivity index (χ0n) is 9.69. The third kappa shape index (κ3) is 3.99. The summed E-state index contributed by atoms with van der Waals surface area (Å²) in [6.07, 6.45) is 0. The summed E-state index contributed by atoms with van der Waals surface area (Å²) in [6.45, 7) is 2.12. The summed E-state index contributed by atoms with van der Waals surface area (Å²) in [6, 6.07) is 16.6. The summed E-state index contributed by atoms with van der Waals surface area (Å²) in [4.78, 5) is 1.16. The van der Waals surface area contributed by atoms with Crippen molar-refractivity contribution in [3.05, 3.63) is 59.7 Å². The molecule has 0 aliphatic carbocycles. The summed E-state index contributed by atoms with van der Waals surface area (Å²) < 4.78 is 0. The first kappa shape index (κ1) is 13.9. The van der Waals surface area contributed by atoms with Crippen molar-refractivity contribution in [2.75, 3.05) is 5.73 Å². The highest BCUT2D eigenvalue weighted by Crippen LogP contribution is 2.27. The zero-order chi connectivity index (χ0) is 11.4. The predicted molar refractivity (Wildman–Crippen MR) is 71.6 cm³/mol. The molecule has 0 atom stereocenters. The zero-order valence-corrected chi connectivity index (χ0v) is 11.3. The first-order chi connectivity index (χ1) is 7.75. The van der Waals surface area contributed by atoms with Crippen LogP contribution in [0.25, 0.3) is 0 Å². The van der Waals surface area contributed by atoms with E-state index >= 15 is 0 Å². The van der Waals surface area contributed by atoms with Crippen LogP contribution in [0.4, 0.5) is 5.69 Å². The van der Waals surface area contributed by atoms with Gasteiger partial charge in [-0.3, -0.25) is 0 Å². The Bertz CT molecular complexity index is 485. The molecular formula is C14H15ClNS-. The lowest BCUT2D eigenvalue weighted by atomic mass is 10.2. The van der Waals surface area contributed by atoms with Crippen LogP contribution in [-0.4, -0.2) is 0 Å². The van der Waals surface area contributed by atoms with Crippen molar-refractivity contribution >= 4 is 17.4 Å². The lowest BCUT2D eigenvalue weighted by Crippen LogP contribution is -3.00. The second-order valence-corrected chi connectivity index (χ2v) is 4.83. The third-order valence-corrected chi connectivity index (χ3v) is 3.56. The van der Waals surface area contributed by atoms with Crippen molar-refractivity contribution in [1.82, 2.24) is 0 Å². The van der Waals surface area contributed by atoms with Gasteiger partial charge in [0, 0.05) is 16.3 Å². The Balaban J connectivity index is 0.00000144. The fourth-order valence-corrected chi connectivity index (χ4v) is 2.49.